The number of nitrogens with zero attached hydrogens (tertiary/aromatic N) is 1. The Balaban J connectivity index is 1.93. The van der Waals surface area contributed by atoms with E-state index in [2.05, 4.69) is 29.5 Å². The molecule has 0 saturated carbocycles. The summed E-state index contributed by atoms with van der Waals surface area (Å²) in [6, 6.07) is 8.62. The van der Waals surface area contributed by atoms with Gasteiger partial charge in [0.25, 0.3) is 0 Å². The summed E-state index contributed by atoms with van der Waals surface area (Å²) in [5, 5.41) is 5.60. The molecule has 2 N–H and O–H groups in total. The summed E-state index contributed by atoms with van der Waals surface area (Å²) < 4.78 is 16.4. The second kappa shape index (κ2) is 11.0. The molecule has 1 aromatic heterocycles. The number of hydrogen-bond donors (Lipinski definition) is 2. The quantitative estimate of drug-likeness (QED) is 0.596. The number of rotatable bonds is 10. The molecule has 0 atom stereocenters. The van der Waals surface area contributed by atoms with Gasteiger partial charge in [-0.1, -0.05) is 19.9 Å². The number of carbonyl (C=O) groups is 1. The van der Waals surface area contributed by atoms with Gasteiger partial charge in [0.1, 0.15) is 0 Å². The molecule has 152 valence electrons. The van der Waals surface area contributed by atoms with E-state index < -0.39 is 0 Å². The summed E-state index contributed by atoms with van der Waals surface area (Å²) in [7, 11) is 3.14. The summed E-state index contributed by atoms with van der Waals surface area (Å²) >= 11 is 0. The zero-order chi connectivity index (χ0) is 20.4. The lowest BCUT2D eigenvalue weighted by atomic mass is 10.1. The molecule has 2 rings (SSSR count). The monoisotopic (exact) mass is 387 g/mol. The first-order valence-electron chi connectivity index (χ1n) is 9.37. The molecular weight excluding hydrogens is 358 g/mol. The lowest BCUT2D eigenvalue weighted by Gasteiger charge is -2.14. The summed E-state index contributed by atoms with van der Waals surface area (Å²) in [5.41, 5.74) is 1.42. The summed E-state index contributed by atoms with van der Waals surface area (Å²) in [4.78, 5) is 16.3. The molecule has 2 aromatic rings. The van der Waals surface area contributed by atoms with Gasteiger partial charge in [-0.2, -0.15) is 0 Å². The third-order valence-corrected chi connectivity index (χ3v) is 4.09. The Hall–Kier alpha value is -2.96. The van der Waals surface area contributed by atoms with Crippen molar-refractivity contribution in [2.45, 2.75) is 33.2 Å². The number of aromatic nitrogens is 1. The number of methoxy groups -OCH3 is 2. The van der Waals surface area contributed by atoms with Gasteiger partial charge in [-0.25, -0.2) is 9.78 Å². The highest BCUT2D eigenvalue weighted by molar-refractivity contribution is 5.89. The fourth-order valence-electron chi connectivity index (χ4n) is 2.63. The zero-order valence-electron chi connectivity index (χ0n) is 17.0. The first-order chi connectivity index (χ1) is 13.5. The predicted molar refractivity (Wildman–Crippen MR) is 109 cm³/mol. The first-order valence-corrected chi connectivity index (χ1v) is 9.37. The van der Waals surface area contributed by atoms with Gasteiger partial charge in [0.2, 0.25) is 5.88 Å². The minimum Gasteiger partial charge on any atom is -0.493 e. The van der Waals surface area contributed by atoms with Crippen LogP contribution in [0.3, 0.4) is 0 Å². The Kier molecular flexibility index (Phi) is 8.39. The standard InChI is InChI=1S/C21H29N3O4/c1-15(2)7-6-12-28-19-13-17(9-10-18(19)26-3)24-21(25)23-14-16-8-5-11-22-20(16)27-4/h5,8-11,13,15H,6-7,12,14H2,1-4H3,(H2,23,24,25). The van der Waals surface area contributed by atoms with Crippen LogP contribution in [0.25, 0.3) is 0 Å². The Bertz CT molecular complexity index is 765. The fraction of sp³-hybridized carbons (Fsp3) is 0.429. The van der Waals surface area contributed by atoms with Crippen molar-refractivity contribution in [3.05, 3.63) is 42.1 Å². The molecule has 0 bridgehead atoms. The maximum Gasteiger partial charge on any atom is 0.319 e. The number of hydrogen-bond acceptors (Lipinski definition) is 5. The molecule has 0 unspecified atom stereocenters. The van der Waals surface area contributed by atoms with Crippen molar-refractivity contribution in [2.24, 2.45) is 5.92 Å². The van der Waals surface area contributed by atoms with Crippen LogP contribution in [0, 0.1) is 5.92 Å². The number of carbonyl (C=O) groups excluding carboxylic acids is 1. The topological polar surface area (TPSA) is 81.7 Å². The molecule has 0 fully saturated rings. The predicted octanol–water partition coefficient (Wildman–Crippen LogP) is 4.24. The van der Waals surface area contributed by atoms with Gasteiger partial charge < -0.3 is 24.8 Å². The van der Waals surface area contributed by atoms with E-state index >= 15 is 0 Å². The SMILES string of the molecule is COc1ccc(NC(=O)NCc2cccnc2OC)cc1OCCCC(C)C. The maximum atomic E-state index is 12.2. The number of nitrogens with one attached hydrogen (secondary N) is 2. The highest BCUT2D eigenvalue weighted by Crippen LogP contribution is 2.30. The first kappa shape index (κ1) is 21.3. The lowest BCUT2D eigenvalue weighted by molar-refractivity contribution is 0.251. The van der Waals surface area contributed by atoms with Crippen LogP contribution in [0.1, 0.15) is 32.3 Å². The van der Waals surface area contributed by atoms with Crippen molar-refractivity contribution in [2.75, 3.05) is 26.1 Å². The number of ether oxygens (including phenoxy) is 3. The molecule has 0 aliphatic carbocycles. The molecule has 28 heavy (non-hydrogen) atoms. The third kappa shape index (κ3) is 6.64. The van der Waals surface area contributed by atoms with E-state index in [0.717, 1.165) is 18.4 Å². The van der Waals surface area contributed by atoms with Gasteiger partial charge in [-0.05, 0) is 37.0 Å². The van der Waals surface area contributed by atoms with Crippen LogP contribution >= 0.6 is 0 Å². The normalized spacial score (nSPS) is 10.5. The molecule has 1 heterocycles. The Morgan fingerprint density at radius 1 is 1.14 bits per heavy atom. The largest absolute Gasteiger partial charge is 0.493 e. The van der Waals surface area contributed by atoms with Crippen LogP contribution in [-0.4, -0.2) is 31.8 Å². The van der Waals surface area contributed by atoms with Crippen LogP contribution in [0.2, 0.25) is 0 Å². The van der Waals surface area contributed by atoms with Gasteiger partial charge in [-0.15, -0.1) is 0 Å². The van der Waals surface area contributed by atoms with Crippen LogP contribution in [0.15, 0.2) is 36.5 Å². The molecule has 0 aliphatic heterocycles. The van der Waals surface area contributed by atoms with Gasteiger partial charge in [0, 0.05) is 30.1 Å². The van der Waals surface area contributed by atoms with E-state index in [9.17, 15) is 4.79 Å². The molecule has 0 aliphatic rings. The van der Waals surface area contributed by atoms with Gasteiger partial charge in [0.15, 0.2) is 11.5 Å². The highest BCUT2D eigenvalue weighted by atomic mass is 16.5. The molecular formula is C21H29N3O4. The second-order valence-electron chi connectivity index (χ2n) is 6.73. The van der Waals surface area contributed by atoms with Crippen LogP contribution < -0.4 is 24.8 Å². The van der Waals surface area contributed by atoms with E-state index in [1.165, 1.54) is 0 Å². The minimum absolute atomic E-state index is 0.303. The molecule has 0 radical (unpaired) electrons. The average molecular weight is 387 g/mol. The molecule has 0 spiro atoms. The van der Waals surface area contributed by atoms with Crippen molar-refractivity contribution in [3.63, 3.8) is 0 Å². The van der Waals surface area contributed by atoms with Crippen molar-refractivity contribution in [1.82, 2.24) is 10.3 Å². The van der Waals surface area contributed by atoms with E-state index in [0.29, 0.717) is 42.1 Å². The number of pyridine rings is 1. The highest BCUT2D eigenvalue weighted by Gasteiger charge is 2.10. The smallest absolute Gasteiger partial charge is 0.319 e. The summed E-state index contributed by atoms with van der Waals surface area (Å²) in [6.45, 7) is 5.28. The molecule has 1 aromatic carbocycles. The molecule has 7 heteroatoms. The summed E-state index contributed by atoms with van der Waals surface area (Å²) in [5.74, 6) is 2.37. The Morgan fingerprint density at radius 2 is 1.96 bits per heavy atom. The van der Waals surface area contributed by atoms with E-state index in [4.69, 9.17) is 14.2 Å². The maximum absolute atomic E-state index is 12.2. The number of amides is 2. The van der Waals surface area contributed by atoms with Crippen LogP contribution in [-0.2, 0) is 6.54 Å². The van der Waals surface area contributed by atoms with Gasteiger partial charge in [-0.3, -0.25) is 0 Å². The van der Waals surface area contributed by atoms with E-state index in [1.807, 2.05) is 6.07 Å². The summed E-state index contributed by atoms with van der Waals surface area (Å²) in [6.07, 6.45) is 3.70. The molecule has 7 nitrogen and oxygen atoms in total. The van der Waals surface area contributed by atoms with Crippen LogP contribution in [0.5, 0.6) is 17.4 Å². The van der Waals surface area contributed by atoms with Crippen molar-refractivity contribution in [3.8, 4) is 17.4 Å². The van der Waals surface area contributed by atoms with Crippen molar-refractivity contribution in [1.29, 1.82) is 0 Å². The second-order valence-corrected chi connectivity index (χ2v) is 6.73. The fourth-order valence-corrected chi connectivity index (χ4v) is 2.63. The minimum atomic E-state index is -0.332. The third-order valence-electron chi connectivity index (χ3n) is 4.09. The Morgan fingerprint density at radius 3 is 2.68 bits per heavy atom. The van der Waals surface area contributed by atoms with Gasteiger partial charge >= 0.3 is 6.03 Å². The van der Waals surface area contributed by atoms with Crippen LogP contribution in [0.4, 0.5) is 10.5 Å². The zero-order valence-corrected chi connectivity index (χ0v) is 17.0. The van der Waals surface area contributed by atoms with Crippen molar-refractivity contribution >= 4 is 11.7 Å². The van der Waals surface area contributed by atoms with Gasteiger partial charge in [0.05, 0.1) is 20.8 Å². The molecule has 2 amide bonds. The number of benzene rings is 1. The average Bonchev–Trinajstić information content (AvgIpc) is 2.70. The van der Waals surface area contributed by atoms with E-state index in [-0.39, 0.29) is 6.03 Å². The lowest BCUT2D eigenvalue weighted by Crippen LogP contribution is -2.28. The Labute approximate surface area is 166 Å². The molecule has 0 saturated heterocycles. The van der Waals surface area contributed by atoms with Crippen molar-refractivity contribution < 1.29 is 19.0 Å². The number of urea groups is 1. The number of anilines is 1. The van der Waals surface area contributed by atoms with E-state index in [1.54, 1.807) is 44.7 Å².